The smallest absolute Gasteiger partial charge is 0.00718 e. The van der Waals surface area contributed by atoms with E-state index in [1.54, 1.807) is 0 Å². The number of nitrogens with two attached hydrogens (primary N) is 1. The van der Waals surface area contributed by atoms with Crippen molar-refractivity contribution in [3.63, 3.8) is 0 Å². The Bertz CT molecular complexity index is 176. The number of rotatable bonds is 3. The van der Waals surface area contributed by atoms with Gasteiger partial charge in [-0.1, -0.05) is 26.2 Å². The van der Waals surface area contributed by atoms with Gasteiger partial charge in [-0.15, -0.1) is 0 Å². The van der Waals surface area contributed by atoms with Crippen LogP contribution in [0.1, 0.15) is 58.3 Å². The van der Waals surface area contributed by atoms with Crippen LogP contribution in [0.15, 0.2) is 0 Å². The summed E-state index contributed by atoms with van der Waals surface area (Å²) in [7, 11) is 0. The van der Waals surface area contributed by atoms with E-state index >= 15 is 0 Å². The molecule has 2 N–H and O–H groups in total. The first kappa shape index (κ1) is 9.51. The summed E-state index contributed by atoms with van der Waals surface area (Å²) in [6.07, 6.45) is 11.5. The topological polar surface area (TPSA) is 26.0 Å². The highest BCUT2D eigenvalue weighted by Crippen LogP contribution is 2.65. The Kier molecular flexibility index (Phi) is 2.39. The lowest BCUT2D eigenvalue weighted by molar-refractivity contribution is 0.0926. The number of hydrogen-bond donors (Lipinski definition) is 1. The highest BCUT2D eigenvalue weighted by molar-refractivity contribution is 5.05. The molecule has 0 saturated heterocycles. The molecule has 0 aromatic heterocycles. The van der Waals surface area contributed by atoms with Crippen LogP contribution in [-0.2, 0) is 0 Å². The minimum absolute atomic E-state index is 0.657. The first-order valence-corrected chi connectivity index (χ1v) is 5.93. The predicted octanol–water partition coefficient (Wildman–Crippen LogP) is 3.09. The van der Waals surface area contributed by atoms with E-state index in [1.807, 2.05) is 0 Å². The summed E-state index contributed by atoms with van der Waals surface area (Å²) in [5, 5.41) is 0. The molecule has 0 aliphatic heterocycles. The number of hydrogen-bond acceptors (Lipinski definition) is 1. The lowest BCUT2D eigenvalue weighted by Crippen LogP contribution is -2.33. The molecule has 1 heteroatoms. The standard InChI is InChI=1S/C12H23N/c1-11(5-3-2-4-6-11)12(7-8-12)9-10-13/h2-10,13H2,1H3. The molecule has 0 atom stereocenters. The van der Waals surface area contributed by atoms with Crippen LogP contribution in [0.4, 0.5) is 0 Å². The molecule has 0 aromatic rings. The third-order valence-corrected chi connectivity index (χ3v) is 4.71. The van der Waals surface area contributed by atoms with E-state index in [2.05, 4.69) is 6.92 Å². The molecule has 13 heavy (non-hydrogen) atoms. The van der Waals surface area contributed by atoms with Gasteiger partial charge in [0.1, 0.15) is 0 Å². The second kappa shape index (κ2) is 3.27. The fraction of sp³-hybridized carbons (Fsp3) is 1.00. The molecule has 0 amide bonds. The van der Waals surface area contributed by atoms with Gasteiger partial charge in [0.05, 0.1) is 0 Å². The molecule has 0 radical (unpaired) electrons. The van der Waals surface area contributed by atoms with Gasteiger partial charge in [-0.2, -0.15) is 0 Å². The lowest BCUT2D eigenvalue weighted by Gasteiger charge is -2.41. The highest BCUT2D eigenvalue weighted by Gasteiger charge is 2.55. The van der Waals surface area contributed by atoms with Crippen LogP contribution in [-0.4, -0.2) is 6.54 Å². The molecule has 2 fully saturated rings. The van der Waals surface area contributed by atoms with E-state index < -0.39 is 0 Å². The van der Waals surface area contributed by atoms with E-state index in [-0.39, 0.29) is 0 Å². The molecule has 0 spiro atoms. The Labute approximate surface area is 82.1 Å². The van der Waals surface area contributed by atoms with Gasteiger partial charge in [0.2, 0.25) is 0 Å². The summed E-state index contributed by atoms with van der Waals surface area (Å²) in [6, 6.07) is 0. The first-order chi connectivity index (χ1) is 6.22. The van der Waals surface area contributed by atoms with Crippen LogP contribution < -0.4 is 5.73 Å². The molecule has 1 nitrogen and oxygen atoms in total. The molecule has 76 valence electrons. The third kappa shape index (κ3) is 1.52. The van der Waals surface area contributed by atoms with Crippen molar-refractivity contribution in [1.82, 2.24) is 0 Å². The second-order valence-corrected chi connectivity index (χ2v) is 5.44. The van der Waals surface area contributed by atoms with E-state index in [0.717, 1.165) is 6.54 Å². The largest absolute Gasteiger partial charge is 0.330 e. The Morgan fingerprint density at radius 2 is 1.62 bits per heavy atom. The molecular weight excluding hydrogens is 158 g/mol. The van der Waals surface area contributed by atoms with Gasteiger partial charge in [-0.05, 0) is 49.5 Å². The molecule has 2 aliphatic rings. The summed E-state index contributed by atoms with van der Waals surface area (Å²) in [4.78, 5) is 0. The van der Waals surface area contributed by atoms with Crippen molar-refractivity contribution in [3.8, 4) is 0 Å². The van der Waals surface area contributed by atoms with E-state index in [0.29, 0.717) is 10.8 Å². The molecular formula is C12H23N. The van der Waals surface area contributed by atoms with Crippen molar-refractivity contribution in [2.75, 3.05) is 6.54 Å². The van der Waals surface area contributed by atoms with Crippen LogP contribution >= 0.6 is 0 Å². The van der Waals surface area contributed by atoms with Crippen molar-refractivity contribution in [2.24, 2.45) is 16.6 Å². The van der Waals surface area contributed by atoms with E-state index in [1.165, 1.54) is 51.4 Å². The monoisotopic (exact) mass is 181 g/mol. The van der Waals surface area contributed by atoms with Crippen LogP contribution in [0, 0.1) is 10.8 Å². The van der Waals surface area contributed by atoms with Gasteiger partial charge < -0.3 is 5.73 Å². The van der Waals surface area contributed by atoms with Crippen molar-refractivity contribution in [2.45, 2.75) is 58.3 Å². The zero-order valence-corrected chi connectivity index (χ0v) is 8.94. The summed E-state index contributed by atoms with van der Waals surface area (Å²) < 4.78 is 0. The quantitative estimate of drug-likeness (QED) is 0.711. The van der Waals surface area contributed by atoms with Crippen LogP contribution in [0.5, 0.6) is 0 Å². The summed E-state index contributed by atoms with van der Waals surface area (Å²) in [6.45, 7) is 3.42. The van der Waals surface area contributed by atoms with E-state index in [9.17, 15) is 0 Å². The van der Waals surface area contributed by atoms with Gasteiger partial charge in [-0.25, -0.2) is 0 Å². The van der Waals surface area contributed by atoms with Gasteiger partial charge in [0.15, 0.2) is 0 Å². The second-order valence-electron chi connectivity index (χ2n) is 5.44. The molecule has 0 aromatic carbocycles. The molecule has 2 saturated carbocycles. The summed E-state index contributed by atoms with van der Waals surface area (Å²) in [5.74, 6) is 0. The zero-order chi connectivity index (χ0) is 9.36. The molecule has 0 bridgehead atoms. The van der Waals surface area contributed by atoms with Crippen molar-refractivity contribution in [1.29, 1.82) is 0 Å². The molecule has 2 rings (SSSR count). The molecule has 2 aliphatic carbocycles. The minimum Gasteiger partial charge on any atom is -0.330 e. The van der Waals surface area contributed by atoms with Gasteiger partial charge in [0.25, 0.3) is 0 Å². The Hall–Kier alpha value is -0.0400. The Balaban J connectivity index is 2.04. The summed E-state index contributed by atoms with van der Waals surface area (Å²) in [5.41, 5.74) is 7.06. The first-order valence-electron chi connectivity index (χ1n) is 5.93. The molecule has 0 heterocycles. The fourth-order valence-electron chi connectivity index (χ4n) is 3.44. The maximum absolute atomic E-state index is 5.72. The Morgan fingerprint density at radius 1 is 1.00 bits per heavy atom. The van der Waals surface area contributed by atoms with Crippen molar-refractivity contribution < 1.29 is 0 Å². The SMILES string of the molecule is CC1(C2(CCN)CC2)CCCCC1. The van der Waals surface area contributed by atoms with Crippen molar-refractivity contribution in [3.05, 3.63) is 0 Å². The third-order valence-electron chi connectivity index (χ3n) is 4.71. The fourth-order valence-corrected chi connectivity index (χ4v) is 3.44. The lowest BCUT2D eigenvalue weighted by atomic mass is 9.64. The summed E-state index contributed by atoms with van der Waals surface area (Å²) >= 11 is 0. The van der Waals surface area contributed by atoms with E-state index in [4.69, 9.17) is 5.73 Å². The van der Waals surface area contributed by atoms with Gasteiger partial charge in [-0.3, -0.25) is 0 Å². The molecule has 0 unspecified atom stereocenters. The van der Waals surface area contributed by atoms with Crippen LogP contribution in [0.25, 0.3) is 0 Å². The Morgan fingerprint density at radius 3 is 2.08 bits per heavy atom. The van der Waals surface area contributed by atoms with Gasteiger partial charge in [0, 0.05) is 0 Å². The maximum atomic E-state index is 5.72. The average Bonchev–Trinajstić information content (AvgIpc) is 2.88. The predicted molar refractivity (Wildman–Crippen MR) is 56.5 cm³/mol. The van der Waals surface area contributed by atoms with Crippen LogP contribution in [0.2, 0.25) is 0 Å². The highest BCUT2D eigenvalue weighted by atomic mass is 14.6. The zero-order valence-electron chi connectivity index (χ0n) is 8.94. The van der Waals surface area contributed by atoms with Gasteiger partial charge >= 0.3 is 0 Å². The average molecular weight is 181 g/mol. The van der Waals surface area contributed by atoms with Crippen LogP contribution in [0.3, 0.4) is 0 Å². The normalized spacial score (nSPS) is 30.0. The maximum Gasteiger partial charge on any atom is -0.00718 e. The van der Waals surface area contributed by atoms with Crippen molar-refractivity contribution >= 4 is 0 Å². The minimum atomic E-state index is 0.657.